The molecule has 146 valence electrons. The van der Waals surface area contributed by atoms with Crippen molar-refractivity contribution < 1.29 is 32.5 Å². The number of rotatable bonds is 5. The number of ether oxygens (including phenoxy) is 2. The average molecular weight is 390 g/mol. The molecule has 3 aromatic rings. The van der Waals surface area contributed by atoms with Crippen LogP contribution in [0.4, 0.5) is 13.2 Å². The highest BCUT2D eigenvalue weighted by Crippen LogP contribution is 2.40. The van der Waals surface area contributed by atoms with Crippen molar-refractivity contribution in [3.05, 3.63) is 77.9 Å². The van der Waals surface area contributed by atoms with E-state index in [2.05, 4.69) is 4.74 Å². The van der Waals surface area contributed by atoms with Gasteiger partial charge in [0.2, 0.25) is 5.60 Å². The van der Waals surface area contributed by atoms with Gasteiger partial charge in [-0.3, -0.25) is 0 Å². The Bertz CT molecular complexity index is 983. The summed E-state index contributed by atoms with van der Waals surface area (Å²) in [7, 11) is 1.22. The monoisotopic (exact) mass is 390 g/mol. The van der Waals surface area contributed by atoms with E-state index in [1.54, 1.807) is 24.3 Å². The minimum atomic E-state index is -4.96. The molecule has 0 saturated carbocycles. The van der Waals surface area contributed by atoms with Gasteiger partial charge in [0.15, 0.2) is 0 Å². The van der Waals surface area contributed by atoms with E-state index in [1.165, 1.54) is 49.6 Å². The van der Waals surface area contributed by atoms with Crippen LogP contribution in [0.5, 0.6) is 5.75 Å². The van der Waals surface area contributed by atoms with Gasteiger partial charge in [0.05, 0.1) is 12.7 Å². The third kappa shape index (κ3) is 3.80. The second-order valence-electron chi connectivity index (χ2n) is 6.22. The smallest absolute Gasteiger partial charge is 0.424 e. The van der Waals surface area contributed by atoms with Gasteiger partial charge in [0.25, 0.3) is 0 Å². The third-order valence-corrected chi connectivity index (χ3v) is 4.42. The first-order valence-electron chi connectivity index (χ1n) is 8.34. The van der Waals surface area contributed by atoms with Crippen molar-refractivity contribution in [1.82, 2.24) is 0 Å². The highest BCUT2D eigenvalue weighted by Gasteiger charge is 2.56. The van der Waals surface area contributed by atoms with Gasteiger partial charge < -0.3 is 14.6 Å². The zero-order chi connectivity index (χ0) is 20.4. The molecule has 0 aliphatic carbocycles. The van der Waals surface area contributed by atoms with Crippen LogP contribution >= 0.6 is 0 Å². The SMILES string of the molecule is COC(=O)c1ccc(OCC(O)(c2ccc3ccccc3c2)C(F)(F)F)cc1. The van der Waals surface area contributed by atoms with Crippen molar-refractivity contribution in [2.75, 3.05) is 13.7 Å². The number of alkyl halides is 3. The largest absolute Gasteiger partial charge is 0.490 e. The van der Waals surface area contributed by atoms with E-state index in [4.69, 9.17) is 4.74 Å². The van der Waals surface area contributed by atoms with Gasteiger partial charge in [0, 0.05) is 0 Å². The quantitative estimate of drug-likeness (QED) is 0.654. The first-order valence-corrected chi connectivity index (χ1v) is 8.34. The van der Waals surface area contributed by atoms with Crippen LogP contribution in [0.25, 0.3) is 10.8 Å². The molecule has 0 radical (unpaired) electrons. The molecule has 1 N–H and O–H groups in total. The fourth-order valence-corrected chi connectivity index (χ4v) is 2.77. The number of hydrogen-bond acceptors (Lipinski definition) is 4. The van der Waals surface area contributed by atoms with Crippen LogP contribution in [0.3, 0.4) is 0 Å². The van der Waals surface area contributed by atoms with Gasteiger partial charge >= 0.3 is 12.1 Å². The number of esters is 1. The molecule has 4 nitrogen and oxygen atoms in total. The zero-order valence-electron chi connectivity index (χ0n) is 14.9. The van der Waals surface area contributed by atoms with E-state index in [0.717, 1.165) is 5.39 Å². The molecule has 0 spiro atoms. The Hall–Kier alpha value is -3.06. The molecule has 0 bridgehead atoms. The number of carbonyl (C=O) groups is 1. The summed E-state index contributed by atoms with van der Waals surface area (Å²) in [4.78, 5) is 11.4. The van der Waals surface area contributed by atoms with E-state index in [0.29, 0.717) is 5.39 Å². The summed E-state index contributed by atoms with van der Waals surface area (Å²) in [5, 5.41) is 11.8. The maximum atomic E-state index is 13.7. The number of carbonyl (C=O) groups excluding carboxylic acids is 1. The lowest BCUT2D eigenvalue weighted by atomic mass is 9.92. The Labute approximate surface area is 159 Å². The van der Waals surface area contributed by atoms with Crippen LogP contribution in [0.15, 0.2) is 66.7 Å². The molecule has 0 saturated heterocycles. The lowest BCUT2D eigenvalue weighted by Crippen LogP contribution is -2.47. The summed E-state index contributed by atoms with van der Waals surface area (Å²) in [5.74, 6) is -0.495. The van der Waals surface area contributed by atoms with Crippen molar-refractivity contribution >= 4 is 16.7 Å². The van der Waals surface area contributed by atoms with Crippen molar-refractivity contribution in [2.24, 2.45) is 0 Å². The molecule has 3 rings (SSSR count). The summed E-state index contributed by atoms with van der Waals surface area (Å²) in [5.41, 5.74) is -3.28. The Balaban J connectivity index is 1.88. The molecule has 0 aromatic heterocycles. The summed E-state index contributed by atoms with van der Waals surface area (Å²) in [6, 6.07) is 16.4. The van der Waals surface area contributed by atoms with Crippen molar-refractivity contribution in [1.29, 1.82) is 0 Å². The fraction of sp³-hybridized carbons (Fsp3) is 0.190. The van der Waals surface area contributed by atoms with Gasteiger partial charge in [-0.1, -0.05) is 36.4 Å². The summed E-state index contributed by atoms with van der Waals surface area (Å²) >= 11 is 0. The Morgan fingerprint density at radius 2 is 1.61 bits per heavy atom. The van der Waals surface area contributed by atoms with Crippen LogP contribution in [0.1, 0.15) is 15.9 Å². The topological polar surface area (TPSA) is 55.8 Å². The molecule has 28 heavy (non-hydrogen) atoms. The van der Waals surface area contributed by atoms with E-state index in [9.17, 15) is 23.1 Å². The summed E-state index contributed by atoms with van der Waals surface area (Å²) < 4.78 is 50.9. The normalized spacial score (nSPS) is 13.8. The van der Waals surface area contributed by atoms with Gasteiger partial charge in [-0.2, -0.15) is 13.2 Å². The Kier molecular flexibility index (Phi) is 5.29. The predicted octanol–water partition coefficient (Wildman–Crippen LogP) is 4.46. The highest BCUT2D eigenvalue weighted by atomic mass is 19.4. The predicted molar refractivity (Wildman–Crippen MR) is 97.2 cm³/mol. The Morgan fingerprint density at radius 1 is 0.964 bits per heavy atom. The number of methoxy groups -OCH3 is 1. The molecule has 0 amide bonds. The van der Waals surface area contributed by atoms with Crippen LogP contribution in [-0.2, 0) is 10.3 Å². The van der Waals surface area contributed by atoms with Crippen molar-refractivity contribution in [3.63, 3.8) is 0 Å². The maximum absolute atomic E-state index is 13.7. The van der Waals surface area contributed by atoms with E-state index in [1.807, 2.05) is 0 Å². The molecule has 7 heteroatoms. The summed E-state index contributed by atoms with van der Waals surface area (Å²) in [6.07, 6.45) is -4.96. The Morgan fingerprint density at radius 3 is 2.21 bits per heavy atom. The highest BCUT2D eigenvalue weighted by molar-refractivity contribution is 5.89. The molecule has 0 heterocycles. The molecular formula is C21H17F3O4. The maximum Gasteiger partial charge on any atom is 0.424 e. The second-order valence-corrected chi connectivity index (χ2v) is 6.22. The standard InChI is InChI=1S/C21H17F3O4/c1-27-19(25)15-7-10-18(11-8-15)28-13-20(26,21(22,23)24)17-9-6-14-4-2-3-5-16(14)12-17/h2-12,26H,13H2,1H3. The molecular weight excluding hydrogens is 373 g/mol. The van der Waals surface area contributed by atoms with Crippen LogP contribution in [0.2, 0.25) is 0 Å². The van der Waals surface area contributed by atoms with Crippen molar-refractivity contribution in [2.45, 2.75) is 11.8 Å². The lowest BCUT2D eigenvalue weighted by Gasteiger charge is -2.31. The first kappa shape index (κ1) is 19.7. The van der Waals surface area contributed by atoms with Gasteiger partial charge in [-0.05, 0) is 46.7 Å². The number of aliphatic hydroxyl groups is 1. The molecule has 1 atom stereocenters. The number of benzene rings is 3. The average Bonchev–Trinajstić information content (AvgIpc) is 2.70. The minimum absolute atomic E-state index is 0.0797. The van der Waals surface area contributed by atoms with E-state index < -0.39 is 24.4 Å². The van der Waals surface area contributed by atoms with Crippen LogP contribution in [-0.4, -0.2) is 31.0 Å². The van der Waals surface area contributed by atoms with Gasteiger partial charge in [-0.15, -0.1) is 0 Å². The molecule has 0 aliphatic heterocycles. The molecule has 0 fully saturated rings. The second kappa shape index (κ2) is 7.52. The number of halogens is 3. The zero-order valence-corrected chi connectivity index (χ0v) is 14.9. The van der Waals surface area contributed by atoms with E-state index in [-0.39, 0.29) is 16.9 Å². The molecule has 1 unspecified atom stereocenters. The molecule has 0 aliphatic rings. The van der Waals surface area contributed by atoms with Crippen LogP contribution < -0.4 is 4.74 Å². The van der Waals surface area contributed by atoms with Crippen molar-refractivity contribution in [3.8, 4) is 5.75 Å². The third-order valence-electron chi connectivity index (χ3n) is 4.42. The summed E-state index contributed by atoms with van der Waals surface area (Å²) in [6.45, 7) is -1.04. The number of fused-ring (bicyclic) bond motifs is 1. The minimum Gasteiger partial charge on any atom is -0.490 e. The van der Waals surface area contributed by atoms with Gasteiger partial charge in [-0.25, -0.2) is 4.79 Å². The van der Waals surface area contributed by atoms with E-state index >= 15 is 0 Å². The van der Waals surface area contributed by atoms with Crippen LogP contribution in [0, 0.1) is 0 Å². The number of hydrogen-bond donors (Lipinski definition) is 1. The molecule has 3 aromatic carbocycles. The fourth-order valence-electron chi connectivity index (χ4n) is 2.77. The lowest BCUT2D eigenvalue weighted by molar-refractivity contribution is -0.275. The first-order chi connectivity index (χ1) is 13.2. The van der Waals surface area contributed by atoms with Gasteiger partial charge in [0.1, 0.15) is 12.4 Å².